The first kappa shape index (κ1) is 15.9. The van der Waals surface area contributed by atoms with E-state index < -0.39 is 0 Å². The number of aliphatic hydroxyl groups excluding tert-OH is 1. The molecule has 1 aromatic heterocycles. The van der Waals surface area contributed by atoms with E-state index in [1.807, 2.05) is 11.4 Å². The van der Waals surface area contributed by atoms with Gasteiger partial charge in [-0.25, -0.2) is 0 Å². The topological polar surface area (TPSA) is 49.3 Å². The van der Waals surface area contributed by atoms with E-state index in [1.54, 1.807) is 12.1 Å². The van der Waals surface area contributed by atoms with Crippen LogP contribution in [-0.2, 0) is 6.54 Å². The molecular formula is C15H11Cl2NO2S. The lowest BCUT2D eigenvalue weighted by Gasteiger charge is -2.06. The van der Waals surface area contributed by atoms with Crippen molar-refractivity contribution in [1.82, 2.24) is 5.32 Å². The summed E-state index contributed by atoms with van der Waals surface area (Å²) in [5.41, 5.74) is 1.13. The fourth-order valence-electron chi connectivity index (χ4n) is 1.65. The summed E-state index contributed by atoms with van der Waals surface area (Å²) in [6, 6.07) is 6.59. The van der Waals surface area contributed by atoms with E-state index in [9.17, 15) is 4.79 Å². The summed E-state index contributed by atoms with van der Waals surface area (Å²) in [4.78, 5) is 13.0. The number of aliphatic hydroxyl groups is 1. The summed E-state index contributed by atoms with van der Waals surface area (Å²) in [7, 11) is 0. The predicted octanol–water partition coefficient (Wildman–Crippen LogP) is 3.33. The Balaban J connectivity index is 2.08. The van der Waals surface area contributed by atoms with Gasteiger partial charge in [-0.2, -0.15) is 0 Å². The molecular weight excluding hydrogens is 329 g/mol. The van der Waals surface area contributed by atoms with Crippen LogP contribution in [0, 0.1) is 11.8 Å². The van der Waals surface area contributed by atoms with E-state index in [0.29, 0.717) is 22.2 Å². The Morgan fingerprint density at radius 2 is 2.14 bits per heavy atom. The fraction of sp³-hybridized carbons (Fsp3) is 0.133. The van der Waals surface area contributed by atoms with Crippen molar-refractivity contribution in [2.45, 2.75) is 6.54 Å². The molecule has 0 aliphatic rings. The minimum absolute atomic E-state index is 0.195. The van der Waals surface area contributed by atoms with Gasteiger partial charge in [0.1, 0.15) is 6.61 Å². The maximum Gasteiger partial charge on any atom is 0.253 e. The van der Waals surface area contributed by atoms with E-state index in [2.05, 4.69) is 17.2 Å². The smallest absolute Gasteiger partial charge is 0.253 e. The molecule has 0 aliphatic heterocycles. The van der Waals surface area contributed by atoms with E-state index in [4.69, 9.17) is 28.3 Å². The lowest BCUT2D eigenvalue weighted by atomic mass is 10.2. The van der Waals surface area contributed by atoms with Gasteiger partial charge in [0.2, 0.25) is 0 Å². The first-order valence-electron chi connectivity index (χ1n) is 6.01. The van der Waals surface area contributed by atoms with E-state index in [1.165, 1.54) is 17.4 Å². The molecule has 0 aliphatic carbocycles. The summed E-state index contributed by atoms with van der Waals surface area (Å²) < 4.78 is 0. The molecule has 0 spiro atoms. The average Bonchev–Trinajstić information content (AvgIpc) is 2.92. The molecule has 3 nitrogen and oxygen atoms in total. The summed E-state index contributed by atoms with van der Waals surface area (Å²) in [5, 5.41) is 14.2. The molecule has 6 heteroatoms. The Kier molecular flexibility index (Phi) is 5.66. The van der Waals surface area contributed by atoms with Crippen LogP contribution in [0.15, 0.2) is 29.6 Å². The lowest BCUT2D eigenvalue weighted by Crippen LogP contribution is -2.23. The monoisotopic (exact) mass is 339 g/mol. The van der Waals surface area contributed by atoms with Crippen molar-refractivity contribution >= 4 is 40.4 Å². The highest BCUT2D eigenvalue weighted by molar-refractivity contribution is 7.10. The van der Waals surface area contributed by atoms with E-state index >= 15 is 0 Å². The van der Waals surface area contributed by atoms with Gasteiger partial charge in [0.15, 0.2) is 0 Å². The third-order valence-corrected chi connectivity index (χ3v) is 4.12. The highest BCUT2D eigenvalue weighted by Gasteiger charge is 2.11. The fourth-order valence-corrected chi connectivity index (χ4v) is 2.80. The number of carbonyl (C=O) groups is 1. The molecule has 0 bridgehead atoms. The quantitative estimate of drug-likeness (QED) is 0.842. The van der Waals surface area contributed by atoms with Crippen molar-refractivity contribution in [2.24, 2.45) is 0 Å². The van der Waals surface area contributed by atoms with Crippen LogP contribution in [0.1, 0.15) is 20.8 Å². The second-order valence-corrected chi connectivity index (χ2v) is 5.87. The zero-order chi connectivity index (χ0) is 15.2. The number of hydrogen-bond acceptors (Lipinski definition) is 3. The minimum Gasteiger partial charge on any atom is -0.384 e. The lowest BCUT2D eigenvalue weighted by molar-refractivity contribution is 0.0951. The van der Waals surface area contributed by atoms with Gasteiger partial charge in [-0.05, 0) is 29.6 Å². The Labute approximate surface area is 136 Å². The van der Waals surface area contributed by atoms with Crippen LogP contribution in [0.5, 0.6) is 0 Å². The second kappa shape index (κ2) is 7.48. The van der Waals surface area contributed by atoms with Crippen LogP contribution in [0.3, 0.4) is 0 Å². The van der Waals surface area contributed by atoms with E-state index in [-0.39, 0.29) is 12.5 Å². The maximum atomic E-state index is 12.1. The SMILES string of the molecule is O=C(NCc1sccc1C#CCO)c1cc(Cl)ccc1Cl. The first-order chi connectivity index (χ1) is 10.1. The molecule has 2 rings (SSSR count). The van der Waals surface area contributed by atoms with Gasteiger partial charge in [-0.15, -0.1) is 11.3 Å². The summed E-state index contributed by atoms with van der Waals surface area (Å²) in [5.74, 6) is 5.13. The number of halogens is 2. The van der Waals surface area contributed by atoms with Gasteiger partial charge in [-0.1, -0.05) is 35.0 Å². The number of carbonyl (C=O) groups excluding carboxylic acids is 1. The predicted molar refractivity (Wildman–Crippen MR) is 85.9 cm³/mol. The molecule has 21 heavy (non-hydrogen) atoms. The number of thiophene rings is 1. The molecule has 0 radical (unpaired) electrons. The molecule has 0 atom stereocenters. The van der Waals surface area contributed by atoms with Crippen LogP contribution < -0.4 is 5.32 Å². The number of amides is 1. The molecule has 0 saturated heterocycles. The largest absolute Gasteiger partial charge is 0.384 e. The average molecular weight is 340 g/mol. The van der Waals surface area contributed by atoms with Crippen molar-refractivity contribution in [3.8, 4) is 11.8 Å². The molecule has 0 saturated carbocycles. The number of rotatable bonds is 3. The first-order valence-corrected chi connectivity index (χ1v) is 7.64. The minimum atomic E-state index is -0.294. The van der Waals surface area contributed by atoms with Gasteiger partial charge in [0.05, 0.1) is 17.1 Å². The van der Waals surface area contributed by atoms with Gasteiger partial charge in [0, 0.05) is 15.5 Å². The zero-order valence-corrected chi connectivity index (χ0v) is 13.1. The Hall–Kier alpha value is -1.51. The molecule has 2 N–H and O–H groups in total. The highest BCUT2D eigenvalue weighted by atomic mass is 35.5. The van der Waals surface area contributed by atoms with Gasteiger partial charge in [0.25, 0.3) is 5.91 Å². The van der Waals surface area contributed by atoms with Crippen LogP contribution >= 0.6 is 34.5 Å². The second-order valence-electron chi connectivity index (χ2n) is 4.02. The molecule has 108 valence electrons. The molecule has 1 amide bonds. The normalized spacial score (nSPS) is 9.86. The molecule has 1 heterocycles. The van der Waals surface area contributed by atoms with Crippen LogP contribution in [0.4, 0.5) is 0 Å². The molecule has 0 unspecified atom stereocenters. The molecule has 2 aromatic rings. The highest BCUT2D eigenvalue weighted by Crippen LogP contribution is 2.21. The third kappa shape index (κ3) is 4.23. The zero-order valence-electron chi connectivity index (χ0n) is 10.8. The maximum absolute atomic E-state index is 12.1. The van der Waals surface area contributed by atoms with Crippen molar-refractivity contribution in [3.63, 3.8) is 0 Å². The van der Waals surface area contributed by atoms with E-state index in [0.717, 1.165) is 10.4 Å². The third-order valence-electron chi connectivity index (χ3n) is 2.63. The standard InChI is InChI=1S/C15H11Cl2NO2S/c16-11-3-4-13(17)12(8-11)15(20)18-9-14-10(2-1-6-19)5-7-21-14/h3-5,7-8,19H,6,9H2,(H,18,20). The molecule has 0 fully saturated rings. The summed E-state index contributed by atoms with van der Waals surface area (Å²) in [6.45, 7) is 0.147. The molecule has 1 aromatic carbocycles. The number of nitrogens with one attached hydrogen (secondary N) is 1. The van der Waals surface area contributed by atoms with Gasteiger partial charge >= 0.3 is 0 Å². The van der Waals surface area contributed by atoms with Crippen molar-refractivity contribution < 1.29 is 9.90 Å². The van der Waals surface area contributed by atoms with Crippen LogP contribution in [0.25, 0.3) is 0 Å². The van der Waals surface area contributed by atoms with Crippen LogP contribution in [0.2, 0.25) is 10.0 Å². The van der Waals surface area contributed by atoms with Crippen LogP contribution in [-0.4, -0.2) is 17.6 Å². The van der Waals surface area contributed by atoms with Gasteiger partial charge in [-0.3, -0.25) is 4.79 Å². The Morgan fingerprint density at radius 3 is 2.90 bits per heavy atom. The Bertz CT molecular complexity index is 716. The van der Waals surface area contributed by atoms with Crippen molar-refractivity contribution in [2.75, 3.05) is 6.61 Å². The summed E-state index contributed by atoms with van der Waals surface area (Å²) in [6.07, 6.45) is 0. The number of benzene rings is 1. The van der Waals surface area contributed by atoms with Crippen molar-refractivity contribution in [3.05, 3.63) is 55.7 Å². The summed E-state index contributed by atoms with van der Waals surface area (Å²) >= 11 is 13.3. The Morgan fingerprint density at radius 1 is 1.33 bits per heavy atom. The van der Waals surface area contributed by atoms with Crippen molar-refractivity contribution in [1.29, 1.82) is 0 Å². The van der Waals surface area contributed by atoms with Gasteiger partial charge < -0.3 is 10.4 Å². The number of hydrogen-bond donors (Lipinski definition) is 2.